The number of hydrogen-bond donors (Lipinski definition) is 1. The quantitative estimate of drug-likeness (QED) is 0.562. The Hall–Kier alpha value is -3.93. The average molecular weight is 455 g/mol. The van der Waals surface area contributed by atoms with Gasteiger partial charge in [-0.2, -0.15) is 0 Å². The highest BCUT2D eigenvalue weighted by Gasteiger charge is 2.28. The number of carbonyl (C=O) groups is 3. The van der Waals surface area contributed by atoms with E-state index in [1.165, 1.54) is 0 Å². The number of para-hydroxylation sites is 1. The first-order valence-corrected chi connectivity index (χ1v) is 11.7. The van der Waals surface area contributed by atoms with Crippen LogP contribution in [0.3, 0.4) is 0 Å². The molecule has 6 heteroatoms. The third kappa shape index (κ3) is 4.44. The number of nitrogens with zero attached hydrogens (tertiary/aromatic N) is 1. The standard InChI is InChI=1S/C28H26N2O4/c31-26(29-24-12-6-5-11-23(24)27(32)30-15-7-2-8-16-30)20-13-14-22-21(17-20)18-25(34-28(22)33)19-9-3-1-4-10-19/h1,3-6,9-14,17,25H,2,7-8,15-16,18H2,(H,29,31)/t25-/m1/s1. The molecule has 34 heavy (non-hydrogen) atoms. The van der Waals surface area contributed by atoms with Crippen LogP contribution in [0.5, 0.6) is 0 Å². The third-order valence-electron chi connectivity index (χ3n) is 6.46. The molecule has 2 amide bonds. The van der Waals surface area contributed by atoms with E-state index in [2.05, 4.69) is 5.32 Å². The van der Waals surface area contributed by atoms with E-state index in [-0.39, 0.29) is 23.9 Å². The Morgan fingerprint density at radius 2 is 1.62 bits per heavy atom. The predicted molar refractivity (Wildman–Crippen MR) is 129 cm³/mol. The van der Waals surface area contributed by atoms with Gasteiger partial charge in [-0.3, -0.25) is 9.59 Å². The molecule has 0 radical (unpaired) electrons. The molecule has 1 N–H and O–H groups in total. The summed E-state index contributed by atoms with van der Waals surface area (Å²) < 4.78 is 5.61. The van der Waals surface area contributed by atoms with Crippen molar-refractivity contribution in [1.29, 1.82) is 0 Å². The van der Waals surface area contributed by atoms with Crippen LogP contribution in [-0.2, 0) is 11.2 Å². The lowest BCUT2D eigenvalue weighted by Crippen LogP contribution is -2.36. The number of fused-ring (bicyclic) bond motifs is 1. The maximum absolute atomic E-state index is 13.1. The number of anilines is 1. The second-order valence-corrected chi connectivity index (χ2v) is 8.73. The summed E-state index contributed by atoms with van der Waals surface area (Å²) in [5, 5.41) is 2.91. The van der Waals surface area contributed by atoms with Crippen LogP contribution in [0.25, 0.3) is 0 Å². The number of likely N-dealkylation sites (tertiary alicyclic amines) is 1. The van der Waals surface area contributed by atoms with Crippen LogP contribution < -0.4 is 5.32 Å². The second kappa shape index (κ2) is 9.51. The van der Waals surface area contributed by atoms with Crippen molar-refractivity contribution in [2.24, 2.45) is 0 Å². The molecule has 1 atom stereocenters. The van der Waals surface area contributed by atoms with Crippen LogP contribution in [0.2, 0.25) is 0 Å². The number of nitrogens with one attached hydrogen (secondary N) is 1. The summed E-state index contributed by atoms with van der Waals surface area (Å²) in [6, 6.07) is 21.7. The number of piperidine rings is 1. The highest BCUT2D eigenvalue weighted by molar-refractivity contribution is 6.09. The van der Waals surface area contributed by atoms with Crippen LogP contribution in [0.1, 0.15) is 67.6 Å². The van der Waals surface area contributed by atoms with Gasteiger partial charge in [-0.1, -0.05) is 42.5 Å². The molecule has 1 fully saturated rings. The number of ether oxygens (including phenoxy) is 1. The van der Waals surface area contributed by atoms with Gasteiger partial charge >= 0.3 is 5.97 Å². The first-order valence-electron chi connectivity index (χ1n) is 11.7. The van der Waals surface area contributed by atoms with E-state index < -0.39 is 0 Å². The zero-order chi connectivity index (χ0) is 23.5. The molecular formula is C28H26N2O4. The Bertz CT molecular complexity index is 1230. The Kier molecular flexibility index (Phi) is 6.12. The number of amides is 2. The van der Waals surface area contributed by atoms with Gasteiger partial charge in [0.2, 0.25) is 0 Å². The van der Waals surface area contributed by atoms with E-state index in [1.54, 1.807) is 42.5 Å². The summed E-state index contributed by atoms with van der Waals surface area (Å²) in [4.78, 5) is 40.6. The number of benzene rings is 3. The molecule has 3 aromatic rings. The molecule has 0 bridgehead atoms. The van der Waals surface area contributed by atoms with Crippen molar-refractivity contribution in [3.8, 4) is 0 Å². The van der Waals surface area contributed by atoms with Gasteiger partial charge in [0.25, 0.3) is 11.8 Å². The first kappa shape index (κ1) is 21.9. The summed E-state index contributed by atoms with van der Waals surface area (Å²) in [7, 11) is 0. The Morgan fingerprint density at radius 3 is 2.41 bits per heavy atom. The predicted octanol–water partition coefficient (Wildman–Crippen LogP) is 5.02. The maximum atomic E-state index is 13.1. The van der Waals surface area contributed by atoms with Crippen molar-refractivity contribution in [2.45, 2.75) is 31.8 Å². The largest absolute Gasteiger partial charge is 0.454 e. The van der Waals surface area contributed by atoms with Crippen LogP contribution >= 0.6 is 0 Å². The third-order valence-corrected chi connectivity index (χ3v) is 6.46. The van der Waals surface area contributed by atoms with Gasteiger partial charge in [-0.25, -0.2) is 4.79 Å². The lowest BCUT2D eigenvalue weighted by atomic mass is 9.93. The Balaban J connectivity index is 1.37. The van der Waals surface area contributed by atoms with Gasteiger partial charge in [-0.15, -0.1) is 0 Å². The molecule has 5 rings (SSSR count). The van der Waals surface area contributed by atoms with Crippen LogP contribution in [0, 0.1) is 0 Å². The van der Waals surface area contributed by atoms with Crippen LogP contribution in [-0.4, -0.2) is 35.8 Å². The van der Waals surface area contributed by atoms with E-state index in [9.17, 15) is 14.4 Å². The molecule has 2 aliphatic rings. The van der Waals surface area contributed by atoms with Crippen molar-refractivity contribution in [3.63, 3.8) is 0 Å². The summed E-state index contributed by atoms with van der Waals surface area (Å²) >= 11 is 0. The lowest BCUT2D eigenvalue weighted by molar-refractivity contribution is 0.0252. The van der Waals surface area contributed by atoms with Crippen molar-refractivity contribution in [3.05, 3.63) is 101 Å². The summed E-state index contributed by atoms with van der Waals surface area (Å²) in [5.41, 5.74) is 3.58. The van der Waals surface area contributed by atoms with Gasteiger partial charge in [0.1, 0.15) is 6.10 Å². The van der Waals surface area contributed by atoms with Crippen molar-refractivity contribution < 1.29 is 19.1 Å². The minimum Gasteiger partial charge on any atom is -0.454 e. The van der Waals surface area contributed by atoms with E-state index in [1.807, 2.05) is 35.2 Å². The van der Waals surface area contributed by atoms with E-state index in [0.29, 0.717) is 28.8 Å². The second-order valence-electron chi connectivity index (χ2n) is 8.73. The van der Waals surface area contributed by atoms with E-state index >= 15 is 0 Å². The lowest BCUT2D eigenvalue weighted by Gasteiger charge is -2.27. The highest BCUT2D eigenvalue weighted by atomic mass is 16.5. The van der Waals surface area contributed by atoms with E-state index in [0.717, 1.165) is 43.5 Å². The molecule has 0 spiro atoms. The molecule has 1 saturated heterocycles. The average Bonchev–Trinajstić information content (AvgIpc) is 2.89. The van der Waals surface area contributed by atoms with Crippen molar-refractivity contribution in [2.75, 3.05) is 18.4 Å². The smallest absolute Gasteiger partial charge is 0.339 e. The maximum Gasteiger partial charge on any atom is 0.339 e. The monoisotopic (exact) mass is 454 g/mol. The molecule has 3 aromatic carbocycles. The fourth-order valence-electron chi connectivity index (χ4n) is 4.63. The SMILES string of the molecule is O=C(Nc1ccccc1C(=O)N1CCCCC1)c1ccc2c(c1)C[C@H](c1ccccc1)OC2=O. The fourth-order valence-corrected chi connectivity index (χ4v) is 4.63. The number of hydrogen-bond acceptors (Lipinski definition) is 4. The Morgan fingerprint density at radius 1 is 0.882 bits per heavy atom. The number of cyclic esters (lactones) is 1. The molecule has 6 nitrogen and oxygen atoms in total. The van der Waals surface area contributed by atoms with Gasteiger partial charge in [-0.05, 0) is 60.7 Å². The van der Waals surface area contributed by atoms with Gasteiger partial charge in [0.15, 0.2) is 0 Å². The molecule has 0 aromatic heterocycles. The van der Waals surface area contributed by atoms with Gasteiger partial charge in [0.05, 0.1) is 16.8 Å². The topological polar surface area (TPSA) is 75.7 Å². The molecule has 2 heterocycles. The zero-order valence-corrected chi connectivity index (χ0v) is 18.8. The molecule has 0 saturated carbocycles. The number of rotatable bonds is 4. The molecule has 2 aliphatic heterocycles. The molecule has 0 aliphatic carbocycles. The molecule has 0 unspecified atom stereocenters. The van der Waals surface area contributed by atoms with Gasteiger partial charge in [0, 0.05) is 25.1 Å². The van der Waals surface area contributed by atoms with Crippen LogP contribution in [0.4, 0.5) is 5.69 Å². The minimum absolute atomic E-state index is 0.0607. The normalized spacial score (nSPS) is 17.5. The first-order chi connectivity index (χ1) is 16.6. The highest BCUT2D eigenvalue weighted by Crippen LogP contribution is 2.31. The summed E-state index contributed by atoms with van der Waals surface area (Å²) in [6.07, 6.45) is 3.25. The number of carbonyl (C=O) groups excluding carboxylic acids is 3. The summed E-state index contributed by atoms with van der Waals surface area (Å²) in [5.74, 6) is -0.772. The summed E-state index contributed by atoms with van der Waals surface area (Å²) in [6.45, 7) is 1.48. The fraction of sp³-hybridized carbons (Fsp3) is 0.250. The zero-order valence-electron chi connectivity index (χ0n) is 18.8. The van der Waals surface area contributed by atoms with Gasteiger partial charge < -0.3 is 15.0 Å². The minimum atomic E-state index is -0.389. The van der Waals surface area contributed by atoms with Crippen molar-refractivity contribution >= 4 is 23.5 Å². The van der Waals surface area contributed by atoms with Crippen LogP contribution in [0.15, 0.2) is 72.8 Å². The van der Waals surface area contributed by atoms with Crippen molar-refractivity contribution in [1.82, 2.24) is 4.90 Å². The Labute approximate surface area is 198 Å². The molecular weight excluding hydrogens is 428 g/mol. The van der Waals surface area contributed by atoms with E-state index in [4.69, 9.17) is 4.74 Å². The number of esters is 1. The molecule has 172 valence electrons.